The maximum Gasteiger partial charge on any atom is 0.354 e. The van der Waals surface area contributed by atoms with Crippen molar-refractivity contribution >= 4 is 16.7 Å². The second-order valence-electron chi connectivity index (χ2n) is 3.09. The zero-order valence-electron chi connectivity index (χ0n) is 8.10. The summed E-state index contributed by atoms with van der Waals surface area (Å²) in [5, 5.41) is 10.5. The van der Waals surface area contributed by atoms with Gasteiger partial charge >= 0.3 is 5.97 Å². The van der Waals surface area contributed by atoms with Crippen LogP contribution < -0.4 is 4.74 Å². The number of aromatic nitrogens is 1. The number of fused-ring (bicyclic) bond motifs is 1. The average molecular weight is 203 g/mol. The molecule has 15 heavy (non-hydrogen) atoms. The third kappa shape index (κ3) is 1.74. The standard InChI is InChI=1S/C11H9NO3/c1-15-9-3-2-7-5-10(11(13)14)12-6-8(7)4-9/h2-6H,1H3,(H,13,14). The molecule has 0 aliphatic carbocycles. The van der Waals surface area contributed by atoms with Crippen LogP contribution in [0.4, 0.5) is 0 Å². The number of nitrogens with zero attached hydrogens (tertiary/aromatic N) is 1. The average Bonchev–Trinajstić information content (AvgIpc) is 2.27. The first-order valence-electron chi connectivity index (χ1n) is 4.38. The van der Waals surface area contributed by atoms with E-state index >= 15 is 0 Å². The summed E-state index contributed by atoms with van der Waals surface area (Å²) < 4.78 is 5.06. The van der Waals surface area contributed by atoms with E-state index in [-0.39, 0.29) is 5.69 Å². The normalized spacial score (nSPS) is 10.2. The third-order valence-electron chi connectivity index (χ3n) is 2.15. The van der Waals surface area contributed by atoms with Crippen LogP contribution in [0.25, 0.3) is 10.8 Å². The molecule has 0 bridgehead atoms. The number of carboxylic acid groups (broad SMARTS) is 1. The van der Waals surface area contributed by atoms with Crippen molar-refractivity contribution in [2.75, 3.05) is 7.11 Å². The Labute approximate surface area is 86.1 Å². The Bertz CT molecular complexity index is 522. The van der Waals surface area contributed by atoms with Crippen LogP contribution in [0, 0.1) is 0 Å². The van der Waals surface area contributed by atoms with E-state index in [2.05, 4.69) is 4.98 Å². The predicted molar refractivity (Wildman–Crippen MR) is 55.3 cm³/mol. The molecule has 1 heterocycles. The Morgan fingerprint density at radius 3 is 2.80 bits per heavy atom. The van der Waals surface area contributed by atoms with Gasteiger partial charge in [-0.25, -0.2) is 9.78 Å². The summed E-state index contributed by atoms with van der Waals surface area (Å²) in [7, 11) is 1.58. The molecule has 0 saturated carbocycles. The fraction of sp³-hybridized carbons (Fsp3) is 0.0909. The summed E-state index contributed by atoms with van der Waals surface area (Å²) in [6.45, 7) is 0. The van der Waals surface area contributed by atoms with Crippen molar-refractivity contribution in [1.29, 1.82) is 0 Å². The highest BCUT2D eigenvalue weighted by Gasteiger charge is 2.05. The highest BCUT2D eigenvalue weighted by atomic mass is 16.5. The van der Waals surface area contributed by atoms with Crippen LogP contribution in [0.15, 0.2) is 30.5 Å². The first-order valence-corrected chi connectivity index (χ1v) is 4.38. The van der Waals surface area contributed by atoms with Crippen molar-refractivity contribution < 1.29 is 14.6 Å². The largest absolute Gasteiger partial charge is 0.497 e. The lowest BCUT2D eigenvalue weighted by Crippen LogP contribution is -1.99. The fourth-order valence-corrected chi connectivity index (χ4v) is 1.36. The summed E-state index contributed by atoms with van der Waals surface area (Å²) in [6.07, 6.45) is 1.53. The summed E-state index contributed by atoms with van der Waals surface area (Å²) in [6, 6.07) is 6.95. The van der Waals surface area contributed by atoms with Crippen LogP contribution in [-0.2, 0) is 0 Å². The van der Waals surface area contributed by atoms with Crippen molar-refractivity contribution in [2.45, 2.75) is 0 Å². The molecule has 0 radical (unpaired) electrons. The van der Waals surface area contributed by atoms with Gasteiger partial charge in [0.15, 0.2) is 0 Å². The lowest BCUT2D eigenvalue weighted by molar-refractivity contribution is 0.0691. The number of benzene rings is 1. The molecule has 0 aliphatic heterocycles. The molecule has 1 aromatic heterocycles. The Kier molecular flexibility index (Phi) is 2.25. The molecule has 2 rings (SSSR count). The molecule has 0 atom stereocenters. The van der Waals surface area contributed by atoms with Crippen LogP contribution in [-0.4, -0.2) is 23.2 Å². The maximum atomic E-state index is 10.7. The number of methoxy groups -OCH3 is 1. The van der Waals surface area contributed by atoms with E-state index in [4.69, 9.17) is 9.84 Å². The van der Waals surface area contributed by atoms with Gasteiger partial charge in [-0.15, -0.1) is 0 Å². The van der Waals surface area contributed by atoms with Crippen molar-refractivity contribution in [1.82, 2.24) is 4.98 Å². The van der Waals surface area contributed by atoms with Crippen LogP contribution in [0.3, 0.4) is 0 Å². The van der Waals surface area contributed by atoms with E-state index in [1.165, 1.54) is 12.3 Å². The number of carboxylic acids is 1. The molecule has 1 N–H and O–H groups in total. The number of aromatic carboxylic acids is 1. The molecule has 0 amide bonds. The number of rotatable bonds is 2. The Hall–Kier alpha value is -2.10. The van der Waals surface area contributed by atoms with Crippen LogP contribution in [0.2, 0.25) is 0 Å². The highest BCUT2D eigenvalue weighted by molar-refractivity contribution is 5.92. The van der Waals surface area contributed by atoms with Crippen molar-refractivity contribution in [2.24, 2.45) is 0 Å². The van der Waals surface area contributed by atoms with Crippen LogP contribution in [0.1, 0.15) is 10.5 Å². The van der Waals surface area contributed by atoms with E-state index in [1.807, 2.05) is 12.1 Å². The predicted octanol–water partition coefficient (Wildman–Crippen LogP) is 1.94. The third-order valence-corrected chi connectivity index (χ3v) is 2.15. The molecular formula is C11H9NO3. The Morgan fingerprint density at radius 1 is 1.33 bits per heavy atom. The lowest BCUT2D eigenvalue weighted by atomic mass is 10.1. The quantitative estimate of drug-likeness (QED) is 0.810. The van der Waals surface area contributed by atoms with E-state index < -0.39 is 5.97 Å². The summed E-state index contributed by atoms with van der Waals surface area (Å²) in [5.41, 5.74) is 0.0488. The SMILES string of the molecule is COc1ccc2cc(C(=O)O)ncc2c1. The van der Waals surface area contributed by atoms with Gasteiger partial charge in [-0.05, 0) is 23.6 Å². The molecule has 0 saturated heterocycles. The van der Waals surface area contributed by atoms with Crippen LogP contribution in [0.5, 0.6) is 5.75 Å². The molecule has 2 aromatic rings. The van der Waals surface area contributed by atoms with Gasteiger partial charge in [0.25, 0.3) is 0 Å². The van der Waals surface area contributed by atoms with Gasteiger partial charge in [-0.3, -0.25) is 0 Å². The van der Waals surface area contributed by atoms with Gasteiger partial charge in [-0.1, -0.05) is 6.07 Å². The maximum absolute atomic E-state index is 10.7. The number of hydrogen-bond donors (Lipinski definition) is 1. The molecule has 0 unspecified atom stereocenters. The van der Waals surface area contributed by atoms with Crippen molar-refractivity contribution in [3.63, 3.8) is 0 Å². The zero-order valence-corrected chi connectivity index (χ0v) is 8.10. The van der Waals surface area contributed by atoms with E-state index in [1.54, 1.807) is 13.2 Å². The summed E-state index contributed by atoms with van der Waals surface area (Å²) >= 11 is 0. The number of hydrogen-bond acceptors (Lipinski definition) is 3. The van der Waals surface area contributed by atoms with Crippen molar-refractivity contribution in [3.8, 4) is 5.75 Å². The fourth-order valence-electron chi connectivity index (χ4n) is 1.36. The molecule has 0 spiro atoms. The smallest absolute Gasteiger partial charge is 0.354 e. The summed E-state index contributed by atoms with van der Waals surface area (Å²) in [5.74, 6) is -0.292. The zero-order chi connectivity index (χ0) is 10.8. The first-order chi connectivity index (χ1) is 7.20. The van der Waals surface area contributed by atoms with Crippen molar-refractivity contribution in [3.05, 3.63) is 36.2 Å². The topological polar surface area (TPSA) is 59.4 Å². The second kappa shape index (κ2) is 3.57. The summed E-state index contributed by atoms with van der Waals surface area (Å²) in [4.78, 5) is 14.5. The Morgan fingerprint density at radius 2 is 2.13 bits per heavy atom. The molecule has 4 nitrogen and oxygen atoms in total. The minimum absolute atomic E-state index is 0.0488. The minimum atomic E-state index is -1.02. The van der Waals surface area contributed by atoms with Gasteiger partial charge in [-0.2, -0.15) is 0 Å². The molecule has 1 aromatic carbocycles. The first kappa shape index (κ1) is 9.45. The van der Waals surface area contributed by atoms with E-state index in [0.717, 1.165) is 16.5 Å². The molecule has 4 heteroatoms. The van der Waals surface area contributed by atoms with Gasteiger partial charge in [0.1, 0.15) is 11.4 Å². The number of ether oxygens (including phenoxy) is 1. The molecule has 0 aliphatic rings. The Balaban J connectivity index is 2.59. The molecule has 76 valence electrons. The lowest BCUT2D eigenvalue weighted by Gasteiger charge is -2.02. The second-order valence-corrected chi connectivity index (χ2v) is 3.09. The van der Waals surface area contributed by atoms with Gasteiger partial charge in [0, 0.05) is 11.6 Å². The van der Waals surface area contributed by atoms with E-state index in [9.17, 15) is 4.79 Å². The minimum Gasteiger partial charge on any atom is -0.497 e. The van der Waals surface area contributed by atoms with Gasteiger partial charge < -0.3 is 9.84 Å². The molecular weight excluding hydrogens is 194 g/mol. The number of pyridine rings is 1. The molecule has 0 fully saturated rings. The monoisotopic (exact) mass is 203 g/mol. The van der Waals surface area contributed by atoms with Gasteiger partial charge in [0.05, 0.1) is 7.11 Å². The van der Waals surface area contributed by atoms with Gasteiger partial charge in [0.2, 0.25) is 0 Å². The van der Waals surface area contributed by atoms with Crippen LogP contribution >= 0.6 is 0 Å². The highest BCUT2D eigenvalue weighted by Crippen LogP contribution is 2.20. The van der Waals surface area contributed by atoms with E-state index in [0.29, 0.717) is 0 Å². The number of carbonyl (C=O) groups is 1.